The van der Waals surface area contributed by atoms with Gasteiger partial charge in [-0.05, 0) is 75.3 Å². The lowest BCUT2D eigenvalue weighted by Gasteiger charge is -2.26. The molecule has 1 aromatic heterocycles. The molecule has 2 aliphatic rings. The van der Waals surface area contributed by atoms with Crippen LogP contribution in [0, 0.1) is 5.92 Å². The van der Waals surface area contributed by atoms with Crippen molar-refractivity contribution in [1.29, 1.82) is 0 Å². The van der Waals surface area contributed by atoms with Gasteiger partial charge in [-0.2, -0.15) is 0 Å². The number of nitrogens with zero attached hydrogens (tertiary/aromatic N) is 2. The lowest BCUT2D eigenvalue weighted by Crippen LogP contribution is -2.38. The van der Waals surface area contributed by atoms with E-state index in [0.29, 0.717) is 47.8 Å². The van der Waals surface area contributed by atoms with E-state index in [-0.39, 0.29) is 18.4 Å². The monoisotopic (exact) mass is 495 g/mol. The second-order valence-corrected chi connectivity index (χ2v) is 9.44. The normalized spacial score (nSPS) is 16.3. The SMILES string of the molecule is CCOc1cc(C(=O)Nc2ncccc2OCC2CCCCC2)ccc1OCC(=O)N1CCCCC1. The Morgan fingerprint density at radius 1 is 0.944 bits per heavy atom. The number of hydrogen-bond donors (Lipinski definition) is 1. The maximum absolute atomic E-state index is 13.0. The van der Waals surface area contributed by atoms with Gasteiger partial charge in [-0.15, -0.1) is 0 Å². The molecule has 1 N–H and O–H groups in total. The smallest absolute Gasteiger partial charge is 0.260 e. The molecule has 2 heterocycles. The average molecular weight is 496 g/mol. The third-order valence-corrected chi connectivity index (χ3v) is 6.77. The van der Waals surface area contributed by atoms with Crippen LogP contribution in [0.3, 0.4) is 0 Å². The predicted molar refractivity (Wildman–Crippen MR) is 138 cm³/mol. The summed E-state index contributed by atoms with van der Waals surface area (Å²) < 4.78 is 17.5. The average Bonchev–Trinajstić information content (AvgIpc) is 2.93. The number of rotatable bonds is 10. The molecule has 8 nitrogen and oxygen atoms in total. The highest BCUT2D eigenvalue weighted by Crippen LogP contribution is 2.30. The van der Waals surface area contributed by atoms with Crippen LogP contribution in [0.1, 0.15) is 68.6 Å². The molecule has 8 heteroatoms. The number of carbonyl (C=O) groups excluding carboxylic acids is 2. The fourth-order valence-corrected chi connectivity index (χ4v) is 4.75. The summed E-state index contributed by atoms with van der Waals surface area (Å²) in [6, 6.07) is 8.58. The molecule has 0 unspecified atom stereocenters. The van der Waals surface area contributed by atoms with Gasteiger partial charge in [0.15, 0.2) is 29.7 Å². The zero-order chi connectivity index (χ0) is 25.2. The largest absolute Gasteiger partial charge is 0.490 e. The molecule has 4 rings (SSSR count). The maximum atomic E-state index is 13.0. The second-order valence-electron chi connectivity index (χ2n) is 9.44. The first-order valence-electron chi connectivity index (χ1n) is 13.2. The molecular weight excluding hydrogens is 458 g/mol. The molecule has 0 spiro atoms. The van der Waals surface area contributed by atoms with Gasteiger partial charge in [0.1, 0.15) is 0 Å². The number of aromatic nitrogens is 1. The summed E-state index contributed by atoms with van der Waals surface area (Å²) in [5, 5.41) is 2.86. The number of carbonyl (C=O) groups is 2. The number of likely N-dealkylation sites (tertiary alicyclic amines) is 1. The molecule has 0 bridgehead atoms. The van der Waals surface area contributed by atoms with Crippen molar-refractivity contribution in [1.82, 2.24) is 9.88 Å². The van der Waals surface area contributed by atoms with Gasteiger partial charge in [0, 0.05) is 24.8 Å². The number of ether oxygens (including phenoxy) is 3. The molecule has 1 aromatic carbocycles. The minimum Gasteiger partial charge on any atom is -0.490 e. The van der Waals surface area contributed by atoms with Crippen molar-refractivity contribution in [3.8, 4) is 17.2 Å². The van der Waals surface area contributed by atoms with E-state index in [1.807, 2.05) is 17.9 Å². The van der Waals surface area contributed by atoms with E-state index >= 15 is 0 Å². The Hall–Kier alpha value is -3.29. The summed E-state index contributed by atoms with van der Waals surface area (Å²) in [7, 11) is 0. The third kappa shape index (κ3) is 7.12. The summed E-state index contributed by atoms with van der Waals surface area (Å²) in [5.41, 5.74) is 0.400. The summed E-state index contributed by atoms with van der Waals surface area (Å²) in [6.45, 7) is 4.39. The van der Waals surface area contributed by atoms with Crippen LogP contribution in [0.2, 0.25) is 0 Å². The van der Waals surface area contributed by atoms with Crippen molar-refractivity contribution in [2.75, 3.05) is 38.2 Å². The molecule has 2 aromatic rings. The molecular formula is C28H37N3O5. The van der Waals surface area contributed by atoms with Crippen LogP contribution in [-0.2, 0) is 4.79 Å². The van der Waals surface area contributed by atoms with Crippen LogP contribution in [0.5, 0.6) is 17.2 Å². The van der Waals surface area contributed by atoms with E-state index in [9.17, 15) is 9.59 Å². The summed E-state index contributed by atoms with van der Waals surface area (Å²) in [5.74, 6) is 2.01. The third-order valence-electron chi connectivity index (χ3n) is 6.77. The van der Waals surface area contributed by atoms with E-state index in [1.54, 1.807) is 30.5 Å². The summed E-state index contributed by atoms with van der Waals surface area (Å²) >= 11 is 0. The Morgan fingerprint density at radius 2 is 1.72 bits per heavy atom. The number of benzene rings is 1. The van der Waals surface area contributed by atoms with E-state index in [2.05, 4.69) is 10.3 Å². The van der Waals surface area contributed by atoms with E-state index in [0.717, 1.165) is 32.4 Å². The lowest BCUT2D eigenvalue weighted by atomic mass is 9.90. The van der Waals surface area contributed by atoms with Crippen LogP contribution < -0.4 is 19.5 Å². The first kappa shape index (κ1) is 25.8. The molecule has 0 atom stereocenters. The van der Waals surface area contributed by atoms with Crippen molar-refractivity contribution >= 4 is 17.6 Å². The minimum absolute atomic E-state index is 0.0325. The molecule has 194 valence electrons. The molecule has 1 saturated carbocycles. The lowest BCUT2D eigenvalue weighted by molar-refractivity contribution is -0.134. The van der Waals surface area contributed by atoms with Gasteiger partial charge in [0.25, 0.3) is 11.8 Å². The van der Waals surface area contributed by atoms with Gasteiger partial charge >= 0.3 is 0 Å². The van der Waals surface area contributed by atoms with Crippen LogP contribution in [0.15, 0.2) is 36.5 Å². The standard InChI is InChI=1S/C28H37N3O5/c1-2-34-25-18-22(13-14-23(25)36-20-26(32)31-16-7-4-8-17-31)28(33)30-27-24(12-9-15-29-27)35-19-21-10-5-3-6-11-21/h9,12-15,18,21H,2-8,10-11,16-17,19-20H2,1H3,(H,29,30,33). The number of anilines is 1. The first-order valence-corrected chi connectivity index (χ1v) is 13.2. The number of hydrogen-bond acceptors (Lipinski definition) is 6. The fourth-order valence-electron chi connectivity index (χ4n) is 4.75. The molecule has 1 aliphatic heterocycles. The van der Waals surface area contributed by atoms with Gasteiger partial charge < -0.3 is 24.4 Å². The van der Waals surface area contributed by atoms with Crippen molar-refractivity contribution in [2.45, 2.75) is 58.3 Å². The summed E-state index contributed by atoms with van der Waals surface area (Å²) in [6.07, 6.45) is 11.0. The van der Waals surface area contributed by atoms with Crippen LogP contribution >= 0.6 is 0 Å². The number of nitrogens with one attached hydrogen (secondary N) is 1. The zero-order valence-electron chi connectivity index (χ0n) is 21.2. The Morgan fingerprint density at radius 3 is 2.50 bits per heavy atom. The molecule has 1 aliphatic carbocycles. The highest BCUT2D eigenvalue weighted by Gasteiger charge is 2.20. The summed E-state index contributed by atoms with van der Waals surface area (Å²) in [4.78, 5) is 31.7. The van der Waals surface area contributed by atoms with Crippen molar-refractivity contribution in [3.05, 3.63) is 42.1 Å². The second kappa shape index (κ2) is 13.1. The zero-order valence-corrected chi connectivity index (χ0v) is 21.2. The Balaban J connectivity index is 1.39. The van der Waals surface area contributed by atoms with Crippen molar-refractivity contribution < 1.29 is 23.8 Å². The fraction of sp³-hybridized carbons (Fsp3) is 0.536. The van der Waals surface area contributed by atoms with Gasteiger partial charge in [0.2, 0.25) is 0 Å². The van der Waals surface area contributed by atoms with E-state index in [4.69, 9.17) is 14.2 Å². The van der Waals surface area contributed by atoms with Crippen LogP contribution in [0.25, 0.3) is 0 Å². The van der Waals surface area contributed by atoms with Crippen LogP contribution in [-0.4, -0.2) is 54.6 Å². The molecule has 1 saturated heterocycles. The van der Waals surface area contributed by atoms with E-state index in [1.165, 1.54) is 32.1 Å². The van der Waals surface area contributed by atoms with Gasteiger partial charge in [0.05, 0.1) is 13.2 Å². The number of amides is 2. The molecule has 0 radical (unpaired) electrons. The van der Waals surface area contributed by atoms with Gasteiger partial charge in [-0.3, -0.25) is 9.59 Å². The van der Waals surface area contributed by atoms with Gasteiger partial charge in [-0.25, -0.2) is 4.98 Å². The van der Waals surface area contributed by atoms with Crippen molar-refractivity contribution in [3.63, 3.8) is 0 Å². The Labute approximate surface area is 213 Å². The first-order chi connectivity index (χ1) is 17.6. The minimum atomic E-state index is -0.326. The molecule has 2 fully saturated rings. The van der Waals surface area contributed by atoms with Crippen LogP contribution in [0.4, 0.5) is 5.82 Å². The highest BCUT2D eigenvalue weighted by atomic mass is 16.5. The van der Waals surface area contributed by atoms with Gasteiger partial charge in [-0.1, -0.05) is 19.3 Å². The topological polar surface area (TPSA) is 90.0 Å². The maximum Gasteiger partial charge on any atom is 0.260 e. The number of pyridine rings is 1. The Kier molecular flexibility index (Phi) is 9.41. The quantitative estimate of drug-likeness (QED) is 0.494. The Bertz CT molecular complexity index is 1020. The highest BCUT2D eigenvalue weighted by molar-refractivity contribution is 6.04. The number of piperidine rings is 1. The van der Waals surface area contributed by atoms with E-state index < -0.39 is 0 Å². The molecule has 36 heavy (non-hydrogen) atoms. The van der Waals surface area contributed by atoms with Crippen molar-refractivity contribution in [2.24, 2.45) is 5.92 Å². The molecule has 2 amide bonds. The predicted octanol–water partition coefficient (Wildman–Crippen LogP) is 5.08.